The van der Waals surface area contributed by atoms with E-state index in [0.717, 1.165) is 0 Å². The fourth-order valence-corrected chi connectivity index (χ4v) is 1.49. The van der Waals surface area contributed by atoms with Crippen molar-refractivity contribution >= 4 is 17.9 Å². The molecule has 0 aromatic rings. The molecule has 0 amide bonds. The highest BCUT2D eigenvalue weighted by molar-refractivity contribution is 5.95. The van der Waals surface area contributed by atoms with Crippen LogP contribution in [-0.4, -0.2) is 38.2 Å². The van der Waals surface area contributed by atoms with Crippen molar-refractivity contribution in [2.24, 2.45) is 11.8 Å². The maximum absolute atomic E-state index is 11.7. The van der Waals surface area contributed by atoms with E-state index in [0.29, 0.717) is 0 Å². The van der Waals surface area contributed by atoms with E-state index in [1.165, 1.54) is 7.11 Å². The van der Waals surface area contributed by atoms with Crippen molar-refractivity contribution in [3.05, 3.63) is 0 Å². The molecule has 0 aromatic carbocycles. The number of carbonyl (C=O) groups is 3. The third-order valence-corrected chi connectivity index (χ3v) is 2.37. The highest BCUT2D eigenvalue weighted by atomic mass is 16.6. The molecule has 18 heavy (non-hydrogen) atoms. The quantitative estimate of drug-likeness (QED) is 0.385. The summed E-state index contributed by atoms with van der Waals surface area (Å²) in [6, 6.07) is 0. The van der Waals surface area contributed by atoms with Crippen LogP contribution in [0.5, 0.6) is 0 Å². The molecule has 104 valence electrons. The molecule has 6 nitrogen and oxygen atoms in total. The van der Waals surface area contributed by atoms with Gasteiger partial charge in [-0.1, -0.05) is 6.92 Å². The van der Waals surface area contributed by atoms with Crippen molar-refractivity contribution in [1.82, 2.24) is 0 Å². The largest absolute Gasteiger partial charge is 0.469 e. The molecule has 0 saturated carbocycles. The van der Waals surface area contributed by atoms with Crippen LogP contribution in [0.2, 0.25) is 0 Å². The van der Waals surface area contributed by atoms with Gasteiger partial charge in [0, 0.05) is 6.42 Å². The minimum absolute atomic E-state index is 0.0429. The summed E-state index contributed by atoms with van der Waals surface area (Å²) in [6.07, 6.45) is -0.0429. The minimum atomic E-state index is -1.09. The average molecular weight is 260 g/mol. The lowest BCUT2D eigenvalue weighted by atomic mass is 9.91. The highest BCUT2D eigenvalue weighted by Gasteiger charge is 2.36. The van der Waals surface area contributed by atoms with Crippen LogP contribution in [-0.2, 0) is 28.6 Å². The molecule has 0 saturated heterocycles. The Morgan fingerprint density at radius 3 is 1.78 bits per heavy atom. The van der Waals surface area contributed by atoms with E-state index in [2.05, 4.69) is 4.74 Å². The van der Waals surface area contributed by atoms with Crippen LogP contribution in [0.4, 0.5) is 0 Å². The van der Waals surface area contributed by atoms with E-state index in [-0.39, 0.29) is 19.6 Å². The van der Waals surface area contributed by atoms with Crippen LogP contribution in [0.15, 0.2) is 0 Å². The normalized spacial score (nSPS) is 11.8. The Morgan fingerprint density at radius 2 is 1.44 bits per heavy atom. The zero-order chi connectivity index (χ0) is 14.1. The lowest BCUT2D eigenvalue weighted by molar-refractivity contribution is -0.164. The molecule has 0 heterocycles. The number of methoxy groups -OCH3 is 1. The smallest absolute Gasteiger partial charge is 0.320 e. The summed E-state index contributed by atoms with van der Waals surface area (Å²) < 4.78 is 14.1. The van der Waals surface area contributed by atoms with Crippen LogP contribution in [0, 0.1) is 11.8 Å². The molecular formula is C12H20O6. The summed E-state index contributed by atoms with van der Waals surface area (Å²) in [6.45, 7) is 5.23. The molecule has 0 aromatic heterocycles. The molecule has 0 rings (SSSR count). The summed E-state index contributed by atoms with van der Waals surface area (Å²) in [5, 5.41) is 0. The van der Waals surface area contributed by atoms with E-state index >= 15 is 0 Å². The molecular weight excluding hydrogens is 240 g/mol. The standard InChI is InChI=1S/C12H20O6/c1-5-17-11(14)10(12(15)18-6-2)8(3)7-9(13)16-4/h8,10H,5-7H2,1-4H3. The second-order valence-corrected chi connectivity index (χ2v) is 3.74. The Hall–Kier alpha value is -1.59. The zero-order valence-corrected chi connectivity index (χ0v) is 11.2. The van der Waals surface area contributed by atoms with Gasteiger partial charge in [-0.3, -0.25) is 14.4 Å². The summed E-state index contributed by atoms with van der Waals surface area (Å²) in [4.78, 5) is 34.6. The van der Waals surface area contributed by atoms with Gasteiger partial charge in [0.15, 0.2) is 5.92 Å². The van der Waals surface area contributed by atoms with Crippen molar-refractivity contribution in [2.45, 2.75) is 27.2 Å². The Balaban J connectivity index is 4.78. The molecule has 0 bridgehead atoms. The average Bonchev–Trinajstić information content (AvgIpc) is 2.29. The van der Waals surface area contributed by atoms with Crippen LogP contribution >= 0.6 is 0 Å². The van der Waals surface area contributed by atoms with Gasteiger partial charge in [0.25, 0.3) is 0 Å². The van der Waals surface area contributed by atoms with Crippen LogP contribution in [0.25, 0.3) is 0 Å². The van der Waals surface area contributed by atoms with Gasteiger partial charge in [0.1, 0.15) is 0 Å². The fraction of sp³-hybridized carbons (Fsp3) is 0.750. The lowest BCUT2D eigenvalue weighted by Crippen LogP contribution is -2.34. The molecule has 1 unspecified atom stereocenters. The molecule has 0 radical (unpaired) electrons. The molecule has 0 spiro atoms. The first kappa shape index (κ1) is 16.4. The lowest BCUT2D eigenvalue weighted by Gasteiger charge is -2.19. The van der Waals surface area contributed by atoms with Crippen molar-refractivity contribution in [3.63, 3.8) is 0 Å². The maximum atomic E-state index is 11.7. The van der Waals surface area contributed by atoms with Gasteiger partial charge in [-0.25, -0.2) is 0 Å². The molecule has 0 aliphatic heterocycles. The summed E-state index contributed by atoms with van der Waals surface area (Å²) >= 11 is 0. The van der Waals surface area contributed by atoms with Crippen molar-refractivity contribution in [3.8, 4) is 0 Å². The number of esters is 3. The summed E-state index contributed by atoms with van der Waals surface area (Å²) in [5.74, 6) is -3.46. The number of hydrogen-bond donors (Lipinski definition) is 0. The number of rotatable bonds is 7. The van der Waals surface area contributed by atoms with E-state index in [1.54, 1.807) is 20.8 Å². The fourth-order valence-electron chi connectivity index (χ4n) is 1.49. The first-order chi connectivity index (χ1) is 8.47. The van der Waals surface area contributed by atoms with Crippen LogP contribution in [0.1, 0.15) is 27.2 Å². The molecule has 0 aliphatic rings. The van der Waals surface area contributed by atoms with Gasteiger partial charge in [0.2, 0.25) is 0 Å². The molecule has 0 N–H and O–H groups in total. The van der Waals surface area contributed by atoms with Gasteiger partial charge in [0.05, 0.1) is 20.3 Å². The Morgan fingerprint density at radius 1 is 1.00 bits per heavy atom. The van der Waals surface area contributed by atoms with Gasteiger partial charge in [-0.05, 0) is 19.8 Å². The maximum Gasteiger partial charge on any atom is 0.320 e. The first-order valence-corrected chi connectivity index (χ1v) is 5.87. The Bertz CT molecular complexity index is 281. The van der Waals surface area contributed by atoms with Gasteiger partial charge >= 0.3 is 17.9 Å². The second kappa shape index (κ2) is 8.49. The predicted octanol–water partition coefficient (Wildman–Crippen LogP) is 0.928. The number of ether oxygens (including phenoxy) is 3. The van der Waals surface area contributed by atoms with E-state index < -0.39 is 29.7 Å². The van der Waals surface area contributed by atoms with E-state index in [4.69, 9.17) is 9.47 Å². The monoisotopic (exact) mass is 260 g/mol. The van der Waals surface area contributed by atoms with E-state index in [1.807, 2.05) is 0 Å². The summed E-state index contributed by atoms with van der Waals surface area (Å²) in [5.41, 5.74) is 0. The molecule has 0 fully saturated rings. The van der Waals surface area contributed by atoms with Gasteiger partial charge < -0.3 is 14.2 Å². The minimum Gasteiger partial charge on any atom is -0.469 e. The van der Waals surface area contributed by atoms with Crippen molar-refractivity contribution in [2.75, 3.05) is 20.3 Å². The second-order valence-electron chi connectivity index (χ2n) is 3.74. The number of hydrogen-bond acceptors (Lipinski definition) is 6. The van der Waals surface area contributed by atoms with E-state index in [9.17, 15) is 14.4 Å². The molecule has 6 heteroatoms. The topological polar surface area (TPSA) is 78.9 Å². The van der Waals surface area contributed by atoms with Gasteiger partial charge in [-0.15, -0.1) is 0 Å². The highest BCUT2D eigenvalue weighted by Crippen LogP contribution is 2.19. The number of carbonyl (C=O) groups excluding carboxylic acids is 3. The summed E-state index contributed by atoms with van der Waals surface area (Å²) in [7, 11) is 1.25. The third kappa shape index (κ3) is 5.16. The van der Waals surface area contributed by atoms with Gasteiger partial charge in [-0.2, -0.15) is 0 Å². The third-order valence-electron chi connectivity index (χ3n) is 2.37. The Labute approximate surface area is 107 Å². The van der Waals surface area contributed by atoms with Crippen molar-refractivity contribution < 1.29 is 28.6 Å². The SMILES string of the molecule is CCOC(=O)C(C(=O)OCC)C(C)CC(=O)OC. The van der Waals surface area contributed by atoms with Crippen molar-refractivity contribution in [1.29, 1.82) is 0 Å². The molecule has 0 aliphatic carbocycles. The first-order valence-electron chi connectivity index (χ1n) is 5.87. The van der Waals surface area contributed by atoms with Crippen LogP contribution in [0.3, 0.4) is 0 Å². The zero-order valence-electron chi connectivity index (χ0n) is 11.2. The van der Waals surface area contributed by atoms with Crippen LogP contribution < -0.4 is 0 Å². The molecule has 1 atom stereocenters. The predicted molar refractivity (Wildman–Crippen MR) is 62.6 cm³/mol. The Kier molecular flexibility index (Phi) is 7.74.